The van der Waals surface area contributed by atoms with Crippen LogP contribution in [0.5, 0.6) is 0 Å². The maximum absolute atomic E-state index is 13.1. The Morgan fingerprint density at radius 2 is 0.475 bits per heavy atom. The molecule has 3 unspecified atom stereocenters. The van der Waals surface area contributed by atoms with Gasteiger partial charge < -0.3 is 33.8 Å². The van der Waals surface area contributed by atoms with Crippen LogP contribution in [0.3, 0.4) is 0 Å². The lowest BCUT2D eigenvalue weighted by atomic mass is 10.00. The molecule has 0 aliphatic carbocycles. The van der Waals surface area contributed by atoms with Gasteiger partial charge in [0.1, 0.15) is 19.3 Å². The summed E-state index contributed by atoms with van der Waals surface area (Å²) in [5.41, 5.74) is 0. The zero-order valence-corrected chi connectivity index (χ0v) is 68.3. The Morgan fingerprint density at radius 1 is 0.277 bits per heavy atom. The number of rotatable bonds is 79. The topological polar surface area (TPSA) is 237 Å². The SMILES string of the molecule is CCC(C)CCCCCCCCC(=O)OC[C@H](COP(=O)(O)OC[C@H](O)COP(=O)(O)OC[C@@H](COC(=O)CCCCCCCCCCCCCCCCCCC(C)C)OC(=O)CCCCCCCCCCC(C)C)OC(=O)CCCCCCCCCCCCCCCCCCCCC(C)C. The van der Waals surface area contributed by atoms with E-state index in [2.05, 4.69) is 55.4 Å². The Hall–Kier alpha value is -1.94. The van der Waals surface area contributed by atoms with Crippen LogP contribution in [0, 0.1) is 23.7 Å². The Bertz CT molecular complexity index is 1970. The van der Waals surface area contributed by atoms with Crippen molar-refractivity contribution >= 4 is 39.5 Å². The summed E-state index contributed by atoms with van der Waals surface area (Å²) in [6.45, 7) is 14.2. The van der Waals surface area contributed by atoms with Gasteiger partial charge in [0, 0.05) is 25.7 Å². The molecule has 0 rings (SSSR count). The molecule has 0 aliphatic heterocycles. The van der Waals surface area contributed by atoms with Crippen LogP contribution < -0.4 is 0 Å². The fraction of sp³-hybridized carbons (Fsp3) is 0.951. The summed E-state index contributed by atoms with van der Waals surface area (Å²) < 4.78 is 68.7. The molecule has 0 radical (unpaired) electrons. The largest absolute Gasteiger partial charge is 0.472 e. The number of hydrogen-bond donors (Lipinski definition) is 3. The standard InChI is InChI=1S/C82H160O17P2/c1-9-75(8)61-53-45-40-41-47-55-63-80(85)93-69-78(98-81(86)64-56-48-38-31-27-23-19-13-11-10-12-16-20-24-28-34-42-50-58-72(2)3)71-97-101(90,91)95-67-76(83)66-94-100(88,89)96-70-77(99-82(87)65-57-49-39-33-32-36-44-52-60-74(6)7)68-92-79(84)62-54-46-37-30-26-22-18-15-14-17-21-25-29-35-43-51-59-73(4)5/h72-78,83H,9-71H2,1-8H3,(H,88,89)(H,90,91)/t75?,76-,77-,78-/m1/s1. The summed E-state index contributed by atoms with van der Waals surface area (Å²) in [4.78, 5) is 73.0. The van der Waals surface area contributed by atoms with Gasteiger partial charge in [-0.05, 0) is 49.4 Å². The molecule has 0 saturated carbocycles. The van der Waals surface area contributed by atoms with Crippen molar-refractivity contribution in [2.75, 3.05) is 39.6 Å². The van der Waals surface area contributed by atoms with Crippen LogP contribution in [-0.2, 0) is 65.4 Å². The van der Waals surface area contributed by atoms with Crippen LogP contribution in [0.2, 0.25) is 0 Å². The summed E-state index contributed by atoms with van der Waals surface area (Å²) in [5, 5.41) is 10.6. The monoisotopic (exact) mass is 1480 g/mol. The number of ether oxygens (including phenoxy) is 4. The molecule has 0 bridgehead atoms. The number of carbonyl (C=O) groups is 4. The highest BCUT2D eigenvalue weighted by molar-refractivity contribution is 7.47. The van der Waals surface area contributed by atoms with E-state index in [-0.39, 0.29) is 25.7 Å². The lowest BCUT2D eigenvalue weighted by Gasteiger charge is -2.21. The first-order valence-corrected chi connectivity index (χ1v) is 45.2. The van der Waals surface area contributed by atoms with Gasteiger partial charge in [0.2, 0.25) is 0 Å². The Kier molecular flexibility index (Phi) is 69.6. The molecule has 0 amide bonds. The van der Waals surface area contributed by atoms with E-state index < -0.39 is 97.5 Å². The van der Waals surface area contributed by atoms with E-state index in [0.29, 0.717) is 31.6 Å². The molecular formula is C82H160O17P2. The van der Waals surface area contributed by atoms with Crippen LogP contribution in [0.4, 0.5) is 0 Å². The van der Waals surface area contributed by atoms with Crippen molar-refractivity contribution in [1.29, 1.82) is 0 Å². The molecular weight excluding hydrogens is 1320 g/mol. The van der Waals surface area contributed by atoms with E-state index in [1.54, 1.807) is 0 Å². The van der Waals surface area contributed by atoms with Crippen molar-refractivity contribution < 1.29 is 80.2 Å². The summed E-state index contributed by atoms with van der Waals surface area (Å²) in [5.74, 6) is 0.965. The van der Waals surface area contributed by atoms with E-state index in [1.807, 2.05) is 0 Å². The molecule has 101 heavy (non-hydrogen) atoms. The number of unbranched alkanes of at least 4 members (excludes halogenated alkanes) is 44. The average Bonchev–Trinajstić information content (AvgIpc) is 0.976. The zero-order valence-electron chi connectivity index (χ0n) is 66.5. The first-order valence-electron chi connectivity index (χ1n) is 42.2. The highest BCUT2D eigenvalue weighted by Gasteiger charge is 2.30. The quantitative estimate of drug-likeness (QED) is 0.0222. The zero-order chi connectivity index (χ0) is 74.6. The molecule has 600 valence electrons. The number of carbonyl (C=O) groups excluding carboxylic acids is 4. The highest BCUT2D eigenvalue weighted by atomic mass is 31.2. The number of aliphatic hydroxyl groups is 1. The van der Waals surface area contributed by atoms with Crippen molar-refractivity contribution in [3.63, 3.8) is 0 Å². The van der Waals surface area contributed by atoms with Crippen LogP contribution >= 0.6 is 15.6 Å². The van der Waals surface area contributed by atoms with Crippen LogP contribution in [0.15, 0.2) is 0 Å². The fourth-order valence-corrected chi connectivity index (χ4v) is 14.2. The summed E-state index contributed by atoms with van der Waals surface area (Å²) in [7, 11) is -9.92. The second-order valence-corrected chi connectivity index (χ2v) is 34.1. The molecule has 17 nitrogen and oxygen atoms in total. The Balaban J connectivity index is 5.16. The minimum absolute atomic E-state index is 0.105. The molecule has 6 atom stereocenters. The first-order chi connectivity index (χ1) is 48.6. The number of esters is 4. The molecule has 0 aliphatic rings. The second kappa shape index (κ2) is 71.0. The van der Waals surface area contributed by atoms with E-state index in [9.17, 15) is 43.2 Å². The number of aliphatic hydroxyl groups excluding tert-OH is 1. The van der Waals surface area contributed by atoms with Gasteiger partial charge in [0.25, 0.3) is 0 Å². The normalized spacial score (nSPS) is 14.3. The van der Waals surface area contributed by atoms with Crippen molar-refractivity contribution in [3.8, 4) is 0 Å². The molecule has 0 aromatic carbocycles. The van der Waals surface area contributed by atoms with Gasteiger partial charge in [-0.3, -0.25) is 37.3 Å². The van der Waals surface area contributed by atoms with Crippen LogP contribution in [0.25, 0.3) is 0 Å². The van der Waals surface area contributed by atoms with Crippen molar-refractivity contribution in [2.45, 2.75) is 440 Å². The lowest BCUT2D eigenvalue weighted by molar-refractivity contribution is -0.161. The predicted octanol–water partition coefficient (Wildman–Crippen LogP) is 24.4. The van der Waals surface area contributed by atoms with E-state index in [1.165, 1.54) is 218 Å². The maximum atomic E-state index is 13.1. The van der Waals surface area contributed by atoms with Crippen LogP contribution in [-0.4, -0.2) is 96.7 Å². The van der Waals surface area contributed by atoms with Gasteiger partial charge in [0.05, 0.1) is 26.4 Å². The molecule has 0 spiro atoms. The smallest absolute Gasteiger partial charge is 0.462 e. The third-order valence-electron chi connectivity index (χ3n) is 19.4. The lowest BCUT2D eigenvalue weighted by Crippen LogP contribution is -2.30. The van der Waals surface area contributed by atoms with E-state index >= 15 is 0 Å². The minimum Gasteiger partial charge on any atom is -0.462 e. The molecule has 0 heterocycles. The summed E-state index contributed by atoms with van der Waals surface area (Å²) in [6.07, 6.45) is 58.5. The number of hydrogen-bond acceptors (Lipinski definition) is 15. The third kappa shape index (κ3) is 74.7. The minimum atomic E-state index is -4.96. The summed E-state index contributed by atoms with van der Waals surface area (Å²) >= 11 is 0. The third-order valence-corrected chi connectivity index (χ3v) is 21.3. The average molecular weight is 1480 g/mol. The van der Waals surface area contributed by atoms with Gasteiger partial charge in [0.15, 0.2) is 12.2 Å². The molecule has 0 aromatic heterocycles. The Morgan fingerprint density at radius 3 is 0.703 bits per heavy atom. The molecule has 19 heteroatoms. The van der Waals surface area contributed by atoms with Crippen molar-refractivity contribution in [2.24, 2.45) is 23.7 Å². The highest BCUT2D eigenvalue weighted by Crippen LogP contribution is 2.45. The van der Waals surface area contributed by atoms with Gasteiger partial charge in [-0.25, -0.2) is 9.13 Å². The second-order valence-electron chi connectivity index (χ2n) is 31.2. The van der Waals surface area contributed by atoms with Gasteiger partial charge in [-0.1, -0.05) is 370 Å². The van der Waals surface area contributed by atoms with E-state index in [0.717, 1.165) is 114 Å². The molecule has 0 aromatic rings. The number of phosphoric acid groups is 2. The van der Waals surface area contributed by atoms with Gasteiger partial charge in [-0.2, -0.15) is 0 Å². The maximum Gasteiger partial charge on any atom is 0.472 e. The summed E-state index contributed by atoms with van der Waals surface area (Å²) in [6, 6.07) is 0. The Labute approximate surface area is 619 Å². The molecule has 0 fully saturated rings. The van der Waals surface area contributed by atoms with E-state index in [4.69, 9.17) is 37.0 Å². The molecule has 3 N–H and O–H groups in total. The first kappa shape index (κ1) is 99.1. The predicted molar refractivity (Wildman–Crippen MR) is 414 cm³/mol. The number of phosphoric ester groups is 2. The van der Waals surface area contributed by atoms with Gasteiger partial charge >= 0.3 is 39.5 Å². The van der Waals surface area contributed by atoms with Crippen LogP contribution in [0.1, 0.15) is 421 Å². The van der Waals surface area contributed by atoms with Gasteiger partial charge in [-0.15, -0.1) is 0 Å². The van der Waals surface area contributed by atoms with Crippen molar-refractivity contribution in [1.82, 2.24) is 0 Å². The van der Waals surface area contributed by atoms with Crippen molar-refractivity contribution in [3.05, 3.63) is 0 Å². The molecule has 0 saturated heterocycles. The fourth-order valence-electron chi connectivity index (χ4n) is 12.6.